The van der Waals surface area contributed by atoms with Crippen molar-refractivity contribution in [3.05, 3.63) is 59.4 Å². The first kappa shape index (κ1) is 16.6. The Balaban J connectivity index is 1.73. The van der Waals surface area contributed by atoms with Gasteiger partial charge in [-0.25, -0.2) is 4.79 Å². The molecule has 0 N–H and O–H groups in total. The van der Waals surface area contributed by atoms with Gasteiger partial charge in [0.2, 0.25) is 5.78 Å². The summed E-state index contributed by atoms with van der Waals surface area (Å²) in [6.07, 6.45) is 1.65. The molecule has 6 heteroatoms. The molecule has 0 unspecified atom stereocenters. The predicted octanol–water partition coefficient (Wildman–Crippen LogP) is 2.86. The van der Waals surface area contributed by atoms with Crippen LogP contribution in [0.15, 0.2) is 48.2 Å². The number of methoxy groups -OCH3 is 2. The molecule has 0 saturated heterocycles. The molecule has 0 bridgehead atoms. The number of hydrogen-bond acceptors (Lipinski definition) is 6. The Kier molecular flexibility index (Phi) is 4.70. The summed E-state index contributed by atoms with van der Waals surface area (Å²) in [5.74, 6) is 1.24. The molecule has 128 valence electrons. The molecule has 0 fully saturated rings. The summed E-state index contributed by atoms with van der Waals surface area (Å²) < 4.78 is 20.5. The van der Waals surface area contributed by atoms with E-state index in [1.54, 1.807) is 55.7 Å². The van der Waals surface area contributed by atoms with Gasteiger partial charge in [0, 0.05) is 6.07 Å². The average Bonchev–Trinajstić information content (AvgIpc) is 2.95. The number of hydrogen-bond donors (Lipinski definition) is 0. The van der Waals surface area contributed by atoms with Crippen LogP contribution in [0.1, 0.15) is 15.9 Å². The number of allylic oxidation sites excluding steroid dienone is 1. The van der Waals surface area contributed by atoms with Crippen molar-refractivity contribution < 1.29 is 28.5 Å². The van der Waals surface area contributed by atoms with Gasteiger partial charge in [0.15, 0.2) is 12.4 Å². The van der Waals surface area contributed by atoms with Crippen LogP contribution in [0.3, 0.4) is 0 Å². The Morgan fingerprint density at radius 2 is 1.80 bits per heavy atom. The van der Waals surface area contributed by atoms with E-state index < -0.39 is 5.97 Å². The van der Waals surface area contributed by atoms with Crippen LogP contribution in [0.4, 0.5) is 0 Å². The van der Waals surface area contributed by atoms with Gasteiger partial charge in [0.1, 0.15) is 17.2 Å². The second-order valence-electron chi connectivity index (χ2n) is 5.24. The molecule has 1 heterocycles. The molecule has 0 amide bonds. The average molecular weight is 340 g/mol. The number of Topliss-reactive ketones (excluding diaryl/α,β-unsaturated/α-hetero) is 1. The summed E-state index contributed by atoms with van der Waals surface area (Å²) in [4.78, 5) is 23.4. The van der Waals surface area contributed by atoms with Crippen LogP contribution < -0.4 is 14.2 Å². The van der Waals surface area contributed by atoms with Gasteiger partial charge in [-0.2, -0.15) is 0 Å². The van der Waals surface area contributed by atoms with Gasteiger partial charge < -0.3 is 18.9 Å². The van der Waals surface area contributed by atoms with Gasteiger partial charge >= 0.3 is 5.97 Å². The minimum atomic E-state index is -0.454. The second-order valence-corrected chi connectivity index (χ2v) is 5.24. The molecule has 0 radical (unpaired) electrons. The van der Waals surface area contributed by atoms with E-state index in [0.29, 0.717) is 22.8 Å². The fourth-order valence-electron chi connectivity index (χ4n) is 2.31. The van der Waals surface area contributed by atoms with Crippen molar-refractivity contribution in [2.24, 2.45) is 0 Å². The summed E-state index contributed by atoms with van der Waals surface area (Å²) in [7, 11) is 2.85. The summed E-state index contributed by atoms with van der Waals surface area (Å²) in [5, 5.41) is 0. The highest BCUT2D eigenvalue weighted by Crippen LogP contribution is 2.34. The first-order chi connectivity index (χ1) is 12.1. The van der Waals surface area contributed by atoms with Gasteiger partial charge in [-0.3, -0.25) is 4.79 Å². The Hall–Kier alpha value is -3.28. The van der Waals surface area contributed by atoms with Crippen LogP contribution in [-0.2, 0) is 9.53 Å². The SMILES string of the molecule is COC(=O)COc1ccc(/C=C2\Oc3cc(OC)ccc3C2=O)cc1. The summed E-state index contributed by atoms with van der Waals surface area (Å²) in [5.41, 5.74) is 1.28. The lowest BCUT2D eigenvalue weighted by molar-refractivity contribution is -0.142. The standard InChI is InChI=1S/C19H16O6/c1-22-14-7-8-15-16(10-14)25-17(19(15)21)9-12-3-5-13(6-4-12)24-11-18(20)23-2/h3-10H,11H2,1-2H3/b17-9-. The van der Waals surface area contributed by atoms with Gasteiger partial charge in [-0.15, -0.1) is 0 Å². The minimum Gasteiger partial charge on any atom is -0.497 e. The Morgan fingerprint density at radius 3 is 2.48 bits per heavy atom. The third-order valence-electron chi connectivity index (χ3n) is 3.64. The number of carbonyl (C=O) groups excluding carboxylic acids is 2. The molecule has 0 aliphatic carbocycles. The third kappa shape index (κ3) is 3.63. The lowest BCUT2D eigenvalue weighted by atomic mass is 10.1. The molecule has 0 aromatic heterocycles. The van der Waals surface area contributed by atoms with E-state index in [2.05, 4.69) is 4.74 Å². The zero-order chi connectivity index (χ0) is 17.8. The number of carbonyl (C=O) groups is 2. The first-order valence-electron chi connectivity index (χ1n) is 7.52. The van der Waals surface area contributed by atoms with Gasteiger partial charge in [-0.05, 0) is 35.9 Å². The molecule has 1 aliphatic rings. The molecular weight excluding hydrogens is 324 g/mol. The van der Waals surface area contributed by atoms with E-state index >= 15 is 0 Å². The van der Waals surface area contributed by atoms with Crippen molar-refractivity contribution in [2.75, 3.05) is 20.8 Å². The van der Waals surface area contributed by atoms with Crippen LogP contribution in [0.25, 0.3) is 6.08 Å². The van der Waals surface area contributed by atoms with Crippen LogP contribution in [0.5, 0.6) is 17.2 Å². The van der Waals surface area contributed by atoms with Crippen molar-refractivity contribution in [3.8, 4) is 17.2 Å². The highest BCUT2D eigenvalue weighted by molar-refractivity contribution is 6.14. The van der Waals surface area contributed by atoms with E-state index in [1.165, 1.54) is 7.11 Å². The van der Waals surface area contributed by atoms with Crippen molar-refractivity contribution in [3.63, 3.8) is 0 Å². The predicted molar refractivity (Wildman–Crippen MR) is 89.9 cm³/mol. The quantitative estimate of drug-likeness (QED) is 0.616. The van der Waals surface area contributed by atoms with E-state index in [0.717, 1.165) is 5.56 Å². The van der Waals surface area contributed by atoms with Crippen LogP contribution in [-0.4, -0.2) is 32.6 Å². The van der Waals surface area contributed by atoms with E-state index in [9.17, 15) is 9.59 Å². The molecule has 2 aromatic carbocycles. The Morgan fingerprint density at radius 1 is 1.08 bits per heavy atom. The maximum Gasteiger partial charge on any atom is 0.343 e. The molecule has 0 spiro atoms. The molecule has 2 aromatic rings. The van der Waals surface area contributed by atoms with E-state index in [4.69, 9.17) is 14.2 Å². The van der Waals surface area contributed by atoms with E-state index in [1.807, 2.05) is 0 Å². The molecule has 25 heavy (non-hydrogen) atoms. The molecule has 6 nitrogen and oxygen atoms in total. The zero-order valence-corrected chi connectivity index (χ0v) is 13.8. The Bertz CT molecular complexity index is 835. The number of benzene rings is 2. The molecular formula is C19H16O6. The Labute approximate surface area is 144 Å². The molecule has 3 rings (SSSR count). The lowest BCUT2D eigenvalue weighted by Gasteiger charge is -2.05. The fraction of sp³-hybridized carbons (Fsp3) is 0.158. The second kappa shape index (κ2) is 7.09. The normalized spacial score (nSPS) is 14.0. The number of ether oxygens (including phenoxy) is 4. The van der Waals surface area contributed by atoms with Crippen LogP contribution >= 0.6 is 0 Å². The lowest BCUT2D eigenvalue weighted by Crippen LogP contribution is -2.12. The maximum atomic E-state index is 12.4. The minimum absolute atomic E-state index is 0.157. The zero-order valence-electron chi connectivity index (χ0n) is 13.8. The summed E-state index contributed by atoms with van der Waals surface area (Å²) in [6, 6.07) is 12.0. The highest BCUT2D eigenvalue weighted by atomic mass is 16.6. The first-order valence-corrected chi connectivity index (χ1v) is 7.52. The maximum absolute atomic E-state index is 12.4. The van der Waals surface area contributed by atoms with E-state index in [-0.39, 0.29) is 18.1 Å². The van der Waals surface area contributed by atoms with Crippen molar-refractivity contribution >= 4 is 17.8 Å². The summed E-state index contributed by atoms with van der Waals surface area (Å²) in [6.45, 7) is -0.157. The van der Waals surface area contributed by atoms with Gasteiger partial charge in [-0.1, -0.05) is 12.1 Å². The number of fused-ring (bicyclic) bond motifs is 1. The van der Waals surface area contributed by atoms with Crippen molar-refractivity contribution in [1.82, 2.24) is 0 Å². The highest BCUT2D eigenvalue weighted by Gasteiger charge is 2.27. The van der Waals surface area contributed by atoms with Crippen molar-refractivity contribution in [2.45, 2.75) is 0 Å². The van der Waals surface area contributed by atoms with Gasteiger partial charge in [0.05, 0.1) is 19.8 Å². The van der Waals surface area contributed by atoms with Crippen molar-refractivity contribution in [1.29, 1.82) is 0 Å². The fourth-order valence-corrected chi connectivity index (χ4v) is 2.31. The molecule has 0 saturated carbocycles. The van der Waals surface area contributed by atoms with Crippen LogP contribution in [0.2, 0.25) is 0 Å². The largest absolute Gasteiger partial charge is 0.497 e. The molecule has 1 aliphatic heterocycles. The number of rotatable bonds is 5. The van der Waals surface area contributed by atoms with Crippen LogP contribution in [0, 0.1) is 0 Å². The number of esters is 1. The monoisotopic (exact) mass is 340 g/mol. The van der Waals surface area contributed by atoms with Gasteiger partial charge in [0.25, 0.3) is 0 Å². The smallest absolute Gasteiger partial charge is 0.343 e. The molecule has 0 atom stereocenters. The third-order valence-corrected chi connectivity index (χ3v) is 3.64. The summed E-state index contributed by atoms with van der Waals surface area (Å²) >= 11 is 0. The topological polar surface area (TPSA) is 71.1 Å². The number of ketones is 1.